The molecule has 2 rings (SSSR count). The van der Waals surface area contributed by atoms with E-state index in [9.17, 15) is 19.5 Å². The van der Waals surface area contributed by atoms with E-state index in [2.05, 4.69) is 5.32 Å². The summed E-state index contributed by atoms with van der Waals surface area (Å²) in [5.41, 5.74) is -0.0159. The second-order valence-electron chi connectivity index (χ2n) is 11.1. The molecule has 0 spiro atoms. The molecule has 1 unspecified atom stereocenters. The van der Waals surface area contributed by atoms with Gasteiger partial charge in [0.2, 0.25) is 11.8 Å². The summed E-state index contributed by atoms with van der Waals surface area (Å²) in [7, 11) is 1.69. The number of carbonyl (C=O) groups excluding carboxylic acids is 2. The van der Waals surface area contributed by atoms with Gasteiger partial charge >= 0.3 is 5.97 Å². The minimum atomic E-state index is -1.01. The van der Waals surface area contributed by atoms with Crippen LogP contribution in [0.2, 0.25) is 0 Å². The first-order chi connectivity index (χ1) is 15.8. The molecule has 3 atom stereocenters. The molecular formula is C28H42N2O4. The summed E-state index contributed by atoms with van der Waals surface area (Å²) in [6.45, 7) is 13.3. The molecule has 0 heterocycles. The summed E-state index contributed by atoms with van der Waals surface area (Å²) >= 11 is 0. The smallest absolute Gasteiger partial charge is 0.331 e. The fraction of sp³-hybridized carbons (Fsp3) is 0.607. The molecule has 0 bridgehead atoms. The summed E-state index contributed by atoms with van der Waals surface area (Å²) in [5.74, 6) is -1.07. The zero-order valence-electron chi connectivity index (χ0n) is 22.0. The van der Waals surface area contributed by atoms with E-state index in [0.717, 1.165) is 18.4 Å². The Labute approximate surface area is 204 Å². The first kappa shape index (κ1) is 27.6. The highest BCUT2D eigenvalue weighted by atomic mass is 16.4. The van der Waals surface area contributed by atoms with Crippen LogP contribution in [-0.4, -0.2) is 46.9 Å². The summed E-state index contributed by atoms with van der Waals surface area (Å²) in [4.78, 5) is 40.7. The van der Waals surface area contributed by atoms with E-state index in [1.807, 2.05) is 71.9 Å². The molecule has 1 aromatic carbocycles. The van der Waals surface area contributed by atoms with Gasteiger partial charge in [0.25, 0.3) is 0 Å². The molecule has 1 aliphatic rings. The number of hydrogen-bond acceptors (Lipinski definition) is 3. The van der Waals surface area contributed by atoms with Crippen molar-refractivity contribution < 1.29 is 19.5 Å². The number of nitrogens with zero attached hydrogens (tertiary/aromatic N) is 1. The molecule has 6 heteroatoms. The van der Waals surface area contributed by atoms with Gasteiger partial charge in [0, 0.05) is 12.6 Å². The Bertz CT molecular complexity index is 912. The Morgan fingerprint density at radius 3 is 2.12 bits per heavy atom. The minimum absolute atomic E-state index is 0.00471. The SMILES string of the molecule is CCC(C(=O)N[C@H](C(=O)N(C)[C@H](/C=C(\C)C(=O)O)C(C)C)C(C)(C)C)(c1ccccc1)C1CC1. The summed E-state index contributed by atoms with van der Waals surface area (Å²) in [6, 6.07) is 8.73. The van der Waals surface area contributed by atoms with Gasteiger partial charge in [0.1, 0.15) is 6.04 Å². The number of amides is 2. The van der Waals surface area contributed by atoms with Gasteiger partial charge < -0.3 is 15.3 Å². The van der Waals surface area contributed by atoms with Gasteiger partial charge in [-0.1, -0.05) is 78.0 Å². The highest BCUT2D eigenvalue weighted by molar-refractivity contribution is 5.94. The number of hydrogen-bond donors (Lipinski definition) is 2. The van der Waals surface area contributed by atoms with E-state index in [0.29, 0.717) is 6.42 Å². The van der Waals surface area contributed by atoms with Crippen LogP contribution in [0, 0.1) is 17.3 Å². The molecule has 1 aromatic rings. The van der Waals surface area contributed by atoms with Crippen molar-refractivity contribution >= 4 is 17.8 Å². The third-order valence-electron chi connectivity index (χ3n) is 7.15. The predicted octanol–water partition coefficient (Wildman–Crippen LogP) is 4.79. The van der Waals surface area contributed by atoms with Gasteiger partial charge in [-0.25, -0.2) is 4.79 Å². The van der Waals surface area contributed by atoms with Crippen molar-refractivity contribution in [2.75, 3.05) is 7.05 Å². The first-order valence-corrected chi connectivity index (χ1v) is 12.3. The van der Waals surface area contributed by atoms with E-state index >= 15 is 0 Å². The van der Waals surface area contributed by atoms with E-state index in [-0.39, 0.29) is 29.2 Å². The molecule has 2 N–H and O–H groups in total. The number of likely N-dealkylation sites (N-methyl/N-ethyl adjacent to an activating group) is 1. The molecule has 0 aliphatic heterocycles. The molecule has 6 nitrogen and oxygen atoms in total. The molecular weight excluding hydrogens is 428 g/mol. The van der Waals surface area contributed by atoms with Gasteiger partial charge in [0.05, 0.1) is 11.5 Å². The third kappa shape index (κ3) is 5.89. The molecule has 2 amide bonds. The Balaban J connectivity index is 2.42. The molecule has 1 saturated carbocycles. The average molecular weight is 471 g/mol. The zero-order valence-corrected chi connectivity index (χ0v) is 22.0. The van der Waals surface area contributed by atoms with E-state index in [4.69, 9.17) is 0 Å². The second kappa shape index (κ2) is 10.7. The Morgan fingerprint density at radius 2 is 1.71 bits per heavy atom. The number of nitrogens with one attached hydrogen (secondary N) is 1. The van der Waals surface area contributed by atoms with Gasteiger partial charge in [0.15, 0.2) is 0 Å². The second-order valence-corrected chi connectivity index (χ2v) is 11.1. The number of rotatable bonds is 10. The highest BCUT2D eigenvalue weighted by Gasteiger charge is 2.52. The number of carboxylic acid groups (broad SMARTS) is 1. The molecule has 1 fully saturated rings. The average Bonchev–Trinajstić information content (AvgIpc) is 3.61. The van der Waals surface area contributed by atoms with Crippen molar-refractivity contribution in [3.8, 4) is 0 Å². The number of aliphatic carboxylic acids is 1. The fourth-order valence-electron chi connectivity index (χ4n) is 4.86. The van der Waals surface area contributed by atoms with Crippen molar-refractivity contribution in [1.82, 2.24) is 10.2 Å². The quantitative estimate of drug-likeness (QED) is 0.482. The number of carboxylic acids is 1. The van der Waals surface area contributed by atoms with Crippen LogP contribution in [0.15, 0.2) is 42.0 Å². The van der Waals surface area contributed by atoms with Crippen LogP contribution in [0.3, 0.4) is 0 Å². The molecule has 1 aliphatic carbocycles. The van der Waals surface area contributed by atoms with Gasteiger partial charge in [-0.15, -0.1) is 0 Å². The monoisotopic (exact) mass is 470 g/mol. The molecule has 188 valence electrons. The van der Waals surface area contributed by atoms with Crippen LogP contribution < -0.4 is 5.32 Å². The van der Waals surface area contributed by atoms with Crippen molar-refractivity contribution in [3.05, 3.63) is 47.5 Å². The van der Waals surface area contributed by atoms with Crippen LogP contribution in [-0.2, 0) is 19.8 Å². The summed E-state index contributed by atoms with van der Waals surface area (Å²) < 4.78 is 0. The summed E-state index contributed by atoms with van der Waals surface area (Å²) in [6.07, 6.45) is 4.28. The van der Waals surface area contributed by atoms with Crippen molar-refractivity contribution in [2.45, 2.75) is 85.2 Å². The number of carbonyl (C=O) groups is 3. The minimum Gasteiger partial charge on any atom is -0.478 e. The lowest BCUT2D eigenvalue weighted by atomic mass is 9.72. The van der Waals surface area contributed by atoms with Crippen LogP contribution in [0.4, 0.5) is 0 Å². The van der Waals surface area contributed by atoms with Crippen LogP contribution in [0.25, 0.3) is 0 Å². The maximum absolute atomic E-state index is 14.0. The lowest BCUT2D eigenvalue weighted by Crippen LogP contribution is -2.59. The maximum Gasteiger partial charge on any atom is 0.331 e. The van der Waals surface area contributed by atoms with E-state index < -0.39 is 28.9 Å². The molecule has 0 aromatic heterocycles. The largest absolute Gasteiger partial charge is 0.478 e. The first-order valence-electron chi connectivity index (χ1n) is 12.3. The molecule has 0 radical (unpaired) electrons. The van der Waals surface area contributed by atoms with Gasteiger partial charge in [-0.05, 0) is 49.0 Å². The normalized spacial score (nSPS) is 18.1. The van der Waals surface area contributed by atoms with Crippen LogP contribution >= 0.6 is 0 Å². The number of benzene rings is 1. The van der Waals surface area contributed by atoms with Crippen molar-refractivity contribution in [3.63, 3.8) is 0 Å². The van der Waals surface area contributed by atoms with Crippen molar-refractivity contribution in [2.24, 2.45) is 17.3 Å². The fourth-order valence-corrected chi connectivity index (χ4v) is 4.86. The lowest BCUT2D eigenvalue weighted by Gasteiger charge is -2.40. The highest BCUT2D eigenvalue weighted by Crippen LogP contribution is 2.50. The van der Waals surface area contributed by atoms with Crippen LogP contribution in [0.1, 0.15) is 73.3 Å². The topological polar surface area (TPSA) is 86.7 Å². The van der Waals surface area contributed by atoms with E-state index in [1.165, 1.54) is 6.92 Å². The Hall–Kier alpha value is -2.63. The van der Waals surface area contributed by atoms with Crippen molar-refractivity contribution in [1.29, 1.82) is 0 Å². The Morgan fingerprint density at radius 1 is 1.15 bits per heavy atom. The summed E-state index contributed by atoms with van der Waals surface area (Å²) in [5, 5.41) is 12.5. The van der Waals surface area contributed by atoms with Gasteiger partial charge in [-0.2, -0.15) is 0 Å². The standard InChI is InChI=1S/C28H42N2O4/c1-9-28(21-15-16-21,20-13-11-10-12-14-20)26(34)29-23(27(5,6)7)24(31)30(8)22(18(2)3)17-19(4)25(32)33/h10-14,17-18,21-23H,9,15-16H2,1-8H3,(H,29,34)(H,32,33)/b19-17+/t22-,23-,28?/m1/s1. The van der Waals surface area contributed by atoms with E-state index in [1.54, 1.807) is 18.0 Å². The molecule has 34 heavy (non-hydrogen) atoms. The lowest BCUT2D eigenvalue weighted by molar-refractivity contribution is -0.142. The third-order valence-corrected chi connectivity index (χ3v) is 7.15. The van der Waals surface area contributed by atoms with Gasteiger partial charge in [-0.3, -0.25) is 9.59 Å². The molecule has 0 saturated heterocycles. The predicted molar refractivity (Wildman–Crippen MR) is 135 cm³/mol. The zero-order chi connectivity index (χ0) is 25.8. The maximum atomic E-state index is 14.0. The van der Waals surface area contributed by atoms with Crippen LogP contribution in [0.5, 0.6) is 0 Å². The Kier molecular flexibility index (Phi) is 8.73.